The van der Waals surface area contributed by atoms with Crippen LogP contribution in [-0.2, 0) is 9.47 Å². The molecule has 0 bridgehead atoms. The van der Waals surface area contributed by atoms with E-state index >= 15 is 0 Å². The minimum absolute atomic E-state index is 0.0428. The average Bonchev–Trinajstić information content (AvgIpc) is 1.64. The molecule has 3 heteroatoms. The molecular formula is C5H9NO2. The highest BCUT2D eigenvalue weighted by Crippen LogP contribution is 2.03. The van der Waals surface area contributed by atoms with Crippen LogP contribution in [0.2, 0.25) is 0 Å². The molecule has 0 saturated heterocycles. The second-order valence-electron chi connectivity index (χ2n) is 1.69. The number of hydrogen-bond acceptors (Lipinski definition) is 3. The minimum Gasteiger partial charge on any atom is -0.455 e. The fourth-order valence-corrected chi connectivity index (χ4v) is 0.551. The van der Waals surface area contributed by atoms with Crippen molar-refractivity contribution in [1.29, 1.82) is 0 Å². The number of ether oxygens (including phenoxy) is 2. The third-order valence-corrected chi connectivity index (χ3v) is 0.912. The molecular weight excluding hydrogens is 106 g/mol. The summed E-state index contributed by atoms with van der Waals surface area (Å²) in [5.41, 5.74) is 0. The van der Waals surface area contributed by atoms with Crippen molar-refractivity contribution in [2.45, 2.75) is 26.4 Å². The molecule has 1 aliphatic rings. The van der Waals surface area contributed by atoms with Gasteiger partial charge < -0.3 is 9.47 Å². The third kappa shape index (κ3) is 1.20. The van der Waals surface area contributed by atoms with E-state index in [9.17, 15) is 0 Å². The van der Waals surface area contributed by atoms with Gasteiger partial charge in [0.05, 0.1) is 0 Å². The van der Waals surface area contributed by atoms with Gasteiger partial charge in [-0.3, -0.25) is 0 Å². The maximum atomic E-state index is 5.07. The lowest BCUT2D eigenvalue weighted by molar-refractivity contribution is -0.118. The number of aliphatic imine (C=N–C) groups is 1. The topological polar surface area (TPSA) is 30.8 Å². The smallest absolute Gasteiger partial charge is 0.200 e. The quantitative estimate of drug-likeness (QED) is 0.466. The monoisotopic (exact) mass is 115 g/mol. The second kappa shape index (κ2) is 2.13. The molecule has 0 aromatic rings. The summed E-state index contributed by atoms with van der Waals surface area (Å²) in [6, 6.07) is 0. The van der Waals surface area contributed by atoms with Crippen molar-refractivity contribution in [3.8, 4) is 0 Å². The summed E-state index contributed by atoms with van der Waals surface area (Å²) < 4.78 is 9.90. The highest BCUT2D eigenvalue weighted by atomic mass is 16.7. The fraction of sp³-hybridized carbons (Fsp3) is 0.800. The van der Waals surface area contributed by atoms with Gasteiger partial charge in [0.25, 0.3) is 0 Å². The van der Waals surface area contributed by atoms with E-state index in [0.717, 1.165) is 0 Å². The lowest BCUT2D eigenvalue weighted by atomic mass is 10.6. The van der Waals surface area contributed by atoms with Crippen LogP contribution in [0.4, 0.5) is 0 Å². The van der Waals surface area contributed by atoms with E-state index < -0.39 is 0 Å². The van der Waals surface area contributed by atoms with Crippen LogP contribution in [0.1, 0.15) is 13.8 Å². The Morgan fingerprint density at radius 3 is 2.62 bits per heavy atom. The Bertz CT molecular complexity index is 103. The van der Waals surface area contributed by atoms with Crippen LogP contribution in [0, 0.1) is 0 Å². The maximum Gasteiger partial charge on any atom is 0.200 e. The number of nitrogens with zero attached hydrogens (tertiary/aromatic N) is 1. The first-order chi connectivity index (χ1) is 3.79. The van der Waals surface area contributed by atoms with Crippen molar-refractivity contribution in [3.63, 3.8) is 0 Å². The average molecular weight is 115 g/mol. The van der Waals surface area contributed by atoms with Crippen LogP contribution in [0.5, 0.6) is 0 Å². The molecule has 0 fully saturated rings. The van der Waals surface area contributed by atoms with E-state index in [1.54, 1.807) is 0 Å². The summed E-state index contributed by atoms with van der Waals surface area (Å²) in [4.78, 5) is 3.81. The Morgan fingerprint density at radius 2 is 2.25 bits per heavy atom. The molecule has 2 atom stereocenters. The molecule has 3 nitrogen and oxygen atoms in total. The standard InChI is InChI=1S/C5H9NO2/c1-4-6-3-7-5(2)8-4/h3-5H,1-2H3. The van der Waals surface area contributed by atoms with Crippen LogP contribution in [0.25, 0.3) is 0 Å². The Hall–Kier alpha value is -0.570. The predicted octanol–water partition coefficient (Wildman–Crippen LogP) is 0.754. The molecule has 0 aliphatic carbocycles. The van der Waals surface area contributed by atoms with Gasteiger partial charge in [-0.15, -0.1) is 0 Å². The zero-order chi connectivity index (χ0) is 5.98. The highest BCUT2D eigenvalue weighted by molar-refractivity contribution is 5.47. The summed E-state index contributed by atoms with van der Waals surface area (Å²) in [7, 11) is 0. The largest absolute Gasteiger partial charge is 0.455 e. The van der Waals surface area contributed by atoms with Crippen molar-refractivity contribution >= 4 is 6.40 Å². The van der Waals surface area contributed by atoms with Crippen LogP contribution < -0.4 is 0 Å². The van der Waals surface area contributed by atoms with E-state index in [1.807, 2.05) is 13.8 Å². The van der Waals surface area contributed by atoms with Crippen LogP contribution in [0.15, 0.2) is 4.99 Å². The molecule has 0 aromatic carbocycles. The molecule has 2 unspecified atom stereocenters. The first kappa shape index (κ1) is 5.56. The predicted molar refractivity (Wildman–Crippen MR) is 29.6 cm³/mol. The Balaban J connectivity index is 2.42. The fourth-order valence-electron chi connectivity index (χ4n) is 0.551. The molecule has 0 spiro atoms. The number of hydrogen-bond donors (Lipinski definition) is 0. The zero-order valence-electron chi connectivity index (χ0n) is 5.00. The summed E-state index contributed by atoms with van der Waals surface area (Å²) in [6.45, 7) is 3.71. The minimum atomic E-state index is -0.137. The molecule has 0 aromatic heterocycles. The van der Waals surface area contributed by atoms with Gasteiger partial charge >= 0.3 is 0 Å². The zero-order valence-corrected chi connectivity index (χ0v) is 5.00. The van der Waals surface area contributed by atoms with Crippen LogP contribution in [0.3, 0.4) is 0 Å². The van der Waals surface area contributed by atoms with Crippen molar-refractivity contribution in [2.75, 3.05) is 0 Å². The van der Waals surface area contributed by atoms with Gasteiger partial charge in [0.15, 0.2) is 18.9 Å². The van der Waals surface area contributed by atoms with Gasteiger partial charge in [0.1, 0.15) is 0 Å². The van der Waals surface area contributed by atoms with Crippen molar-refractivity contribution in [3.05, 3.63) is 0 Å². The second-order valence-corrected chi connectivity index (χ2v) is 1.69. The molecule has 1 rings (SSSR count). The highest BCUT2D eigenvalue weighted by Gasteiger charge is 2.09. The van der Waals surface area contributed by atoms with Gasteiger partial charge in [-0.2, -0.15) is 0 Å². The lowest BCUT2D eigenvalue weighted by Crippen LogP contribution is -2.22. The summed E-state index contributed by atoms with van der Waals surface area (Å²) >= 11 is 0. The first-order valence-corrected chi connectivity index (χ1v) is 2.61. The summed E-state index contributed by atoms with van der Waals surface area (Å²) in [6.07, 6.45) is 1.25. The van der Waals surface area contributed by atoms with Crippen molar-refractivity contribution in [2.24, 2.45) is 4.99 Å². The third-order valence-electron chi connectivity index (χ3n) is 0.912. The van der Waals surface area contributed by atoms with Crippen LogP contribution >= 0.6 is 0 Å². The normalized spacial score (nSPS) is 36.8. The molecule has 46 valence electrons. The first-order valence-electron chi connectivity index (χ1n) is 2.61. The van der Waals surface area contributed by atoms with E-state index in [4.69, 9.17) is 9.47 Å². The summed E-state index contributed by atoms with van der Waals surface area (Å²) in [5.74, 6) is 0. The van der Waals surface area contributed by atoms with Crippen molar-refractivity contribution in [1.82, 2.24) is 0 Å². The van der Waals surface area contributed by atoms with Gasteiger partial charge in [-0.25, -0.2) is 4.99 Å². The van der Waals surface area contributed by atoms with E-state index in [1.165, 1.54) is 6.40 Å². The molecule has 1 aliphatic heterocycles. The Kier molecular flexibility index (Phi) is 1.48. The van der Waals surface area contributed by atoms with E-state index in [-0.39, 0.29) is 12.5 Å². The van der Waals surface area contributed by atoms with E-state index in [2.05, 4.69) is 4.99 Å². The SMILES string of the molecule is CC1N=COC(C)O1. The van der Waals surface area contributed by atoms with Gasteiger partial charge in [0.2, 0.25) is 0 Å². The van der Waals surface area contributed by atoms with Gasteiger partial charge in [0, 0.05) is 0 Å². The Morgan fingerprint density at radius 1 is 1.50 bits per heavy atom. The molecule has 0 amide bonds. The van der Waals surface area contributed by atoms with Gasteiger partial charge in [-0.1, -0.05) is 0 Å². The molecule has 0 radical (unpaired) electrons. The molecule has 1 heterocycles. The summed E-state index contributed by atoms with van der Waals surface area (Å²) in [5, 5.41) is 0. The van der Waals surface area contributed by atoms with E-state index in [0.29, 0.717) is 0 Å². The van der Waals surface area contributed by atoms with Crippen molar-refractivity contribution < 1.29 is 9.47 Å². The number of rotatable bonds is 0. The molecule has 0 saturated carbocycles. The maximum absolute atomic E-state index is 5.07. The molecule has 0 N–H and O–H groups in total. The van der Waals surface area contributed by atoms with Crippen LogP contribution in [-0.4, -0.2) is 18.9 Å². The molecule has 8 heavy (non-hydrogen) atoms. The van der Waals surface area contributed by atoms with Gasteiger partial charge in [-0.05, 0) is 13.8 Å². The Labute approximate surface area is 48.3 Å². The lowest BCUT2D eigenvalue weighted by Gasteiger charge is -2.19.